The maximum absolute atomic E-state index is 5.61. The van der Waals surface area contributed by atoms with Crippen molar-refractivity contribution in [3.05, 3.63) is 29.7 Å². The maximum Gasteiger partial charge on any atom is 0.155 e. The van der Waals surface area contributed by atoms with Crippen molar-refractivity contribution in [3.63, 3.8) is 0 Å². The number of hydrogen-bond acceptors (Lipinski definition) is 3. The van der Waals surface area contributed by atoms with E-state index in [4.69, 9.17) is 5.73 Å². The number of pyridine rings is 1. The normalized spacial score (nSPS) is 11.0. The molecule has 0 unspecified atom stereocenters. The van der Waals surface area contributed by atoms with E-state index in [9.17, 15) is 0 Å². The minimum absolute atomic E-state index is 0.492. The van der Waals surface area contributed by atoms with Gasteiger partial charge in [0, 0.05) is 13.0 Å². The van der Waals surface area contributed by atoms with E-state index in [1.807, 2.05) is 22.7 Å². The van der Waals surface area contributed by atoms with E-state index >= 15 is 0 Å². The van der Waals surface area contributed by atoms with Crippen LogP contribution in [0.1, 0.15) is 24.9 Å². The Kier molecular flexibility index (Phi) is 2.45. The van der Waals surface area contributed by atoms with Gasteiger partial charge in [-0.1, -0.05) is 13.0 Å². The predicted octanol–water partition coefficient (Wildman–Crippen LogP) is 1.14. The SMILES string of the molecule is CCCc1nc2cccc(CN)n2n1. The second kappa shape index (κ2) is 3.75. The van der Waals surface area contributed by atoms with Gasteiger partial charge in [-0.2, -0.15) is 5.10 Å². The topological polar surface area (TPSA) is 56.2 Å². The number of hydrogen-bond donors (Lipinski definition) is 1. The third kappa shape index (κ3) is 1.48. The van der Waals surface area contributed by atoms with Crippen LogP contribution in [0.2, 0.25) is 0 Å². The van der Waals surface area contributed by atoms with E-state index in [0.717, 1.165) is 30.0 Å². The zero-order valence-electron chi connectivity index (χ0n) is 8.27. The Morgan fingerprint density at radius 2 is 2.29 bits per heavy atom. The van der Waals surface area contributed by atoms with Crippen LogP contribution in [-0.2, 0) is 13.0 Å². The molecular formula is C10H14N4. The molecule has 2 N–H and O–H groups in total. The fourth-order valence-corrected chi connectivity index (χ4v) is 1.49. The molecule has 2 aromatic heterocycles. The van der Waals surface area contributed by atoms with Crippen molar-refractivity contribution in [1.82, 2.24) is 14.6 Å². The van der Waals surface area contributed by atoms with Crippen molar-refractivity contribution in [2.75, 3.05) is 0 Å². The molecule has 0 atom stereocenters. The number of nitrogens with two attached hydrogens (primary N) is 1. The molecule has 0 aliphatic rings. The van der Waals surface area contributed by atoms with Crippen molar-refractivity contribution in [3.8, 4) is 0 Å². The quantitative estimate of drug-likeness (QED) is 0.789. The molecule has 0 amide bonds. The van der Waals surface area contributed by atoms with Crippen LogP contribution >= 0.6 is 0 Å². The molecule has 4 nitrogen and oxygen atoms in total. The average molecular weight is 190 g/mol. The second-order valence-electron chi connectivity index (χ2n) is 3.27. The molecule has 0 aliphatic heterocycles. The summed E-state index contributed by atoms with van der Waals surface area (Å²) in [7, 11) is 0. The predicted molar refractivity (Wildman–Crippen MR) is 54.9 cm³/mol. The Balaban J connectivity index is 2.52. The summed E-state index contributed by atoms with van der Waals surface area (Å²) in [4.78, 5) is 4.41. The van der Waals surface area contributed by atoms with Crippen molar-refractivity contribution in [2.24, 2.45) is 5.73 Å². The molecule has 0 fully saturated rings. The Labute approximate surface area is 82.8 Å². The van der Waals surface area contributed by atoms with Gasteiger partial charge in [0.15, 0.2) is 11.5 Å². The van der Waals surface area contributed by atoms with Gasteiger partial charge in [0.1, 0.15) is 0 Å². The van der Waals surface area contributed by atoms with Gasteiger partial charge < -0.3 is 5.73 Å². The summed E-state index contributed by atoms with van der Waals surface area (Å²) in [6.45, 7) is 2.61. The summed E-state index contributed by atoms with van der Waals surface area (Å²) >= 11 is 0. The minimum atomic E-state index is 0.492. The van der Waals surface area contributed by atoms with E-state index in [-0.39, 0.29) is 0 Å². The van der Waals surface area contributed by atoms with E-state index in [0.29, 0.717) is 6.54 Å². The highest BCUT2D eigenvalue weighted by molar-refractivity contribution is 5.38. The van der Waals surface area contributed by atoms with E-state index < -0.39 is 0 Å². The smallest absolute Gasteiger partial charge is 0.155 e. The molecule has 0 radical (unpaired) electrons. The van der Waals surface area contributed by atoms with Crippen molar-refractivity contribution in [1.29, 1.82) is 0 Å². The highest BCUT2D eigenvalue weighted by atomic mass is 15.3. The fraction of sp³-hybridized carbons (Fsp3) is 0.400. The average Bonchev–Trinajstić information content (AvgIpc) is 2.60. The van der Waals surface area contributed by atoms with Crippen LogP contribution in [0.15, 0.2) is 18.2 Å². The largest absolute Gasteiger partial charge is 0.325 e. The number of aromatic nitrogens is 3. The third-order valence-corrected chi connectivity index (χ3v) is 2.16. The van der Waals surface area contributed by atoms with Gasteiger partial charge >= 0.3 is 0 Å². The summed E-state index contributed by atoms with van der Waals surface area (Å²) in [6, 6.07) is 5.88. The first-order valence-corrected chi connectivity index (χ1v) is 4.88. The molecule has 0 saturated heterocycles. The molecule has 0 saturated carbocycles. The molecule has 14 heavy (non-hydrogen) atoms. The first-order chi connectivity index (χ1) is 6.85. The lowest BCUT2D eigenvalue weighted by atomic mass is 10.3. The van der Waals surface area contributed by atoms with Gasteiger partial charge in [-0.25, -0.2) is 9.50 Å². The van der Waals surface area contributed by atoms with Crippen molar-refractivity contribution >= 4 is 5.65 Å². The van der Waals surface area contributed by atoms with Crippen LogP contribution in [0.3, 0.4) is 0 Å². The molecular weight excluding hydrogens is 176 g/mol. The third-order valence-electron chi connectivity index (χ3n) is 2.16. The standard InChI is InChI=1S/C10H14N4/c1-2-4-9-12-10-6-3-5-8(7-11)14(10)13-9/h3,5-6H,2,4,7,11H2,1H3. The molecule has 4 heteroatoms. The molecule has 2 aromatic rings. The number of aryl methyl sites for hydroxylation is 1. The minimum Gasteiger partial charge on any atom is -0.325 e. The van der Waals surface area contributed by atoms with Gasteiger partial charge in [0.2, 0.25) is 0 Å². The van der Waals surface area contributed by atoms with Crippen molar-refractivity contribution < 1.29 is 0 Å². The Hall–Kier alpha value is -1.42. The van der Waals surface area contributed by atoms with Crippen LogP contribution in [0, 0.1) is 0 Å². The summed E-state index contributed by atoms with van der Waals surface area (Å²) in [5, 5.41) is 4.40. The molecule has 0 aliphatic carbocycles. The van der Waals surface area contributed by atoms with Gasteiger partial charge in [-0.05, 0) is 18.6 Å². The lowest BCUT2D eigenvalue weighted by Crippen LogP contribution is -2.04. The van der Waals surface area contributed by atoms with Crippen LogP contribution in [0.4, 0.5) is 0 Å². The van der Waals surface area contributed by atoms with E-state index in [1.165, 1.54) is 0 Å². The molecule has 74 valence electrons. The number of rotatable bonds is 3. The molecule has 2 rings (SSSR count). The van der Waals surface area contributed by atoms with Gasteiger partial charge in [0.05, 0.1) is 5.69 Å². The molecule has 0 spiro atoms. The van der Waals surface area contributed by atoms with E-state index in [2.05, 4.69) is 17.0 Å². The Morgan fingerprint density at radius 1 is 1.43 bits per heavy atom. The highest BCUT2D eigenvalue weighted by Crippen LogP contribution is 2.06. The van der Waals surface area contributed by atoms with Crippen molar-refractivity contribution in [2.45, 2.75) is 26.3 Å². The van der Waals surface area contributed by atoms with Crippen LogP contribution in [-0.4, -0.2) is 14.6 Å². The molecule has 0 bridgehead atoms. The Bertz CT molecular complexity index is 433. The van der Waals surface area contributed by atoms with Gasteiger partial charge in [-0.3, -0.25) is 0 Å². The van der Waals surface area contributed by atoms with Crippen LogP contribution in [0.5, 0.6) is 0 Å². The Morgan fingerprint density at radius 3 is 3.00 bits per heavy atom. The lowest BCUT2D eigenvalue weighted by Gasteiger charge is -1.98. The highest BCUT2D eigenvalue weighted by Gasteiger charge is 2.04. The summed E-state index contributed by atoms with van der Waals surface area (Å²) in [5.41, 5.74) is 7.49. The number of fused-ring (bicyclic) bond motifs is 1. The summed E-state index contributed by atoms with van der Waals surface area (Å²) in [6.07, 6.45) is 1.99. The summed E-state index contributed by atoms with van der Waals surface area (Å²) < 4.78 is 1.82. The summed E-state index contributed by atoms with van der Waals surface area (Å²) in [5.74, 6) is 0.897. The first kappa shape index (κ1) is 9.15. The first-order valence-electron chi connectivity index (χ1n) is 4.88. The zero-order valence-corrected chi connectivity index (χ0v) is 8.27. The maximum atomic E-state index is 5.61. The molecule has 2 heterocycles. The number of nitrogens with zero attached hydrogens (tertiary/aromatic N) is 3. The fourth-order valence-electron chi connectivity index (χ4n) is 1.49. The van der Waals surface area contributed by atoms with Crippen LogP contribution < -0.4 is 5.73 Å². The van der Waals surface area contributed by atoms with Gasteiger partial charge in [0.25, 0.3) is 0 Å². The van der Waals surface area contributed by atoms with E-state index in [1.54, 1.807) is 0 Å². The molecule has 0 aromatic carbocycles. The second-order valence-corrected chi connectivity index (χ2v) is 3.27. The zero-order chi connectivity index (χ0) is 9.97. The van der Waals surface area contributed by atoms with Gasteiger partial charge in [-0.15, -0.1) is 0 Å². The van der Waals surface area contributed by atoms with Crippen LogP contribution in [0.25, 0.3) is 5.65 Å². The lowest BCUT2D eigenvalue weighted by molar-refractivity contribution is 0.789. The monoisotopic (exact) mass is 190 g/mol.